The molecule has 0 aromatic heterocycles. The number of rotatable bonds is 5. The predicted molar refractivity (Wildman–Crippen MR) is 79.6 cm³/mol. The largest absolute Gasteiger partial charge is 0.293 e. The van der Waals surface area contributed by atoms with Crippen molar-refractivity contribution in [3.8, 4) is 0 Å². The first-order valence-corrected chi connectivity index (χ1v) is 7.43. The highest BCUT2D eigenvalue weighted by Crippen LogP contribution is 2.22. The molecule has 1 aliphatic heterocycles. The lowest BCUT2D eigenvalue weighted by Gasteiger charge is -2.28. The summed E-state index contributed by atoms with van der Waals surface area (Å²) in [5.41, 5.74) is 2.00. The average Bonchev–Trinajstić information content (AvgIpc) is 2.89. The maximum Gasteiger partial charge on any atom is 0.180 e. The van der Waals surface area contributed by atoms with E-state index in [1.807, 2.05) is 31.2 Å². The molecule has 0 amide bonds. The Kier molecular flexibility index (Phi) is 4.76. The topological polar surface area (TPSA) is 20.3 Å². The summed E-state index contributed by atoms with van der Waals surface area (Å²) < 4.78 is 0. The Bertz CT molecular complexity index is 433. The average molecular weight is 259 g/mol. The fourth-order valence-corrected chi connectivity index (χ4v) is 2.95. The van der Waals surface area contributed by atoms with Crippen LogP contribution in [0.15, 0.2) is 24.3 Å². The van der Waals surface area contributed by atoms with E-state index in [4.69, 9.17) is 0 Å². The van der Waals surface area contributed by atoms with Gasteiger partial charge in [-0.25, -0.2) is 0 Å². The fraction of sp³-hybridized carbons (Fsp3) is 0.588. The third-order valence-electron chi connectivity index (χ3n) is 3.99. The van der Waals surface area contributed by atoms with Gasteiger partial charge < -0.3 is 0 Å². The first-order chi connectivity index (χ1) is 9.09. The van der Waals surface area contributed by atoms with E-state index >= 15 is 0 Å². The molecule has 1 heterocycles. The van der Waals surface area contributed by atoms with Gasteiger partial charge in [0.15, 0.2) is 5.78 Å². The van der Waals surface area contributed by atoms with Crippen LogP contribution in [0, 0.1) is 12.8 Å². The Hall–Kier alpha value is -1.15. The molecule has 1 aliphatic rings. The Labute approximate surface area is 116 Å². The van der Waals surface area contributed by atoms with Crippen molar-refractivity contribution in [2.45, 2.75) is 46.1 Å². The number of carbonyl (C=O) groups excluding carboxylic acids is 1. The van der Waals surface area contributed by atoms with Crippen LogP contribution in [-0.4, -0.2) is 29.8 Å². The molecule has 1 aromatic carbocycles. The smallest absolute Gasteiger partial charge is 0.180 e. The van der Waals surface area contributed by atoms with Gasteiger partial charge in [0.1, 0.15) is 0 Å². The molecular weight excluding hydrogens is 234 g/mol. The van der Waals surface area contributed by atoms with E-state index in [9.17, 15) is 4.79 Å². The molecule has 1 fully saturated rings. The molecule has 104 valence electrons. The van der Waals surface area contributed by atoms with E-state index in [0.717, 1.165) is 30.6 Å². The number of nitrogens with zero attached hydrogens (tertiary/aromatic N) is 1. The minimum Gasteiger partial charge on any atom is -0.293 e. The summed E-state index contributed by atoms with van der Waals surface area (Å²) in [4.78, 5) is 15.2. The van der Waals surface area contributed by atoms with Crippen LogP contribution in [0.25, 0.3) is 0 Å². The van der Waals surface area contributed by atoms with Crippen molar-refractivity contribution in [2.75, 3.05) is 13.1 Å². The van der Waals surface area contributed by atoms with E-state index in [2.05, 4.69) is 18.7 Å². The van der Waals surface area contributed by atoms with Crippen molar-refractivity contribution < 1.29 is 4.79 Å². The summed E-state index contributed by atoms with van der Waals surface area (Å²) in [6.45, 7) is 8.59. The number of benzene rings is 1. The summed E-state index contributed by atoms with van der Waals surface area (Å²) in [6, 6.07) is 8.05. The normalized spacial score (nSPS) is 17.9. The number of Topliss-reactive ketones (excluding diaryl/α,β-unsaturated/α-hetero) is 1. The molecule has 0 radical (unpaired) electrons. The van der Waals surface area contributed by atoms with Gasteiger partial charge in [-0.1, -0.05) is 38.1 Å². The van der Waals surface area contributed by atoms with Crippen molar-refractivity contribution in [1.82, 2.24) is 4.90 Å². The van der Waals surface area contributed by atoms with Crippen molar-refractivity contribution in [2.24, 2.45) is 5.92 Å². The second-order valence-corrected chi connectivity index (χ2v) is 6.07. The third kappa shape index (κ3) is 3.44. The maximum atomic E-state index is 12.8. The standard InChI is InChI=1S/C17H25NO/c1-13(2)12-16(18-10-6-7-11-18)17(19)15-9-5-4-8-14(15)3/h4-5,8-9,13,16H,6-7,10-12H2,1-3H3. The summed E-state index contributed by atoms with van der Waals surface area (Å²) in [5.74, 6) is 0.868. The Morgan fingerprint density at radius 1 is 1.21 bits per heavy atom. The molecule has 0 saturated carbocycles. The van der Waals surface area contributed by atoms with Crippen molar-refractivity contribution >= 4 is 5.78 Å². The van der Waals surface area contributed by atoms with Crippen LogP contribution in [0.5, 0.6) is 0 Å². The molecule has 2 nitrogen and oxygen atoms in total. The minimum absolute atomic E-state index is 0.0728. The van der Waals surface area contributed by atoms with Crippen molar-refractivity contribution in [3.63, 3.8) is 0 Å². The van der Waals surface area contributed by atoms with Crippen LogP contribution in [-0.2, 0) is 0 Å². The number of hydrogen-bond acceptors (Lipinski definition) is 2. The van der Waals surface area contributed by atoms with E-state index < -0.39 is 0 Å². The number of aryl methyl sites for hydroxylation is 1. The molecule has 0 N–H and O–H groups in total. The van der Waals surface area contributed by atoms with Crippen LogP contribution >= 0.6 is 0 Å². The SMILES string of the molecule is Cc1ccccc1C(=O)C(CC(C)C)N1CCCC1. The van der Waals surface area contributed by atoms with Crippen LogP contribution in [0.4, 0.5) is 0 Å². The van der Waals surface area contributed by atoms with Gasteiger partial charge in [-0.3, -0.25) is 9.69 Å². The molecule has 1 unspecified atom stereocenters. The number of ketones is 1. The molecule has 1 aromatic rings. The molecule has 2 heteroatoms. The van der Waals surface area contributed by atoms with Gasteiger partial charge in [0.05, 0.1) is 6.04 Å². The molecule has 19 heavy (non-hydrogen) atoms. The van der Waals surface area contributed by atoms with Crippen molar-refractivity contribution in [1.29, 1.82) is 0 Å². The highest BCUT2D eigenvalue weighted by atomic mass is 16.1. The lowest BCUT2D eigenvalue weighted by Crippen LogP contribution is -2.40. The quantitative estimate of drug-likeness (QED) is 0.752. The Balaban J connectivity index is 2.22. The minimum atomic E-state index is 0.0728. The fourth-order valence-electron chi connectivity index (χ4n) is 2.95. The molecule has 0 aliphatic carbocycles. The highest BCUT2D eigenvalue weighted by molar-refractivity contribution is 6.01. The Morgan fingerprint density at radius 2 is 1.84 bits per heavy atom. The van der Waals surface area contributed by atoms with Gasteiger partial charge in [-0.15, -0.1) is 0 Å². The van der Waals surface area contributed by atoms with Crippen LogP contribution in [0.2, 0.25) is 0 Å². The van der Waals surface area contributed by atoms with E-state index in [0.29, 0.717) is 11.7 Å². The zero-order valence-corrected chi connectivity index (χ0v) is 12.4. The maximum absolute atomic E-state index is 12.8. The summed E-state index contributed by atoms with van der Waals surface area (Å²) in [6.07, 6.45) is 3.43. The van der Waals surface area contributed by atoms with Gasteiger partial charge in [0.25, 0.3) is 0 Å². The molecular formula is C17H25NO. The molecule has 0 spiro atoms. The van der Waals surface area contributed by atoms with E-state index in [1.165, 1.54) is 12.8 Å². The molecule has 1 atom stereocenters. The van der Waals surface area contributed by atoms with Crippen LogP contribution < -0.4 is 0 Å². The second-order valence-electron chi connectivity index (χ2n) is 6.07. The zero-order chi connectivity index (χ0) is 13.8. The summed E-state index contributed by atoms with van der Waals surface area (Å²) in [5, 5.41) is 0. The molecule has 2 rings (SSSR count). The van der Waals surface area contributed by atoms with E-state index in [-0.39, 0.29) is 6.04 Å². The lowest BCUT2D eigenvalue weighted by atomic mass is 9.93. The molecule has 0 bridgehead atoms. The third-order valence-corrected chi connectivity index (χ3v) is 3.99. The van der Waals surface area contributed by atoms with Gasteiger partial charge in [0, 0.05) is 5.56 Å². The van der Waals surface area contributed by atoms with Gasteiger partial charge in [0.2, 0.25) is 0 Å². The number of hydrogen-bond donors (Lipinski definition) is 0. The number of likely N-dealkylation sites (tertiary alicyclic amines) is 1. The first-order valence-electron chi connectivity index (χ1n) is 7.43. The first kappa shape index (κ1) is 14.3. The summed E-state index contributed by atoms with van der Waals surface area (Å²) >= 11 is 0. The monoisotopic (exact) mass is 259 g/mol. The number of carbonyl (C=O) groups is 1. The van der Waals surface area contributed by atoms with Gasteiger partial charge in [-0.05, 0) is 50.8 Å². The van der Waals surface area contributed by atoms with Gasteiger partial charge in [-0.2, -0.15) is 0 Å². The van der Waals surface area contributed by atoms with Crippen LogP contribution in [0.1, 0.15) is 49.0 Å². The molecule has 1 saturated heterocycles. The Morgan fingerprint density at radius 3 is 2.42 bits per heavy atom. The zero-order valence-electron chi connectivity index (χ0n) is 12.4. The van der Waals surface area contributed by atoms with Gasteiger partial charge >= 0.3 is 0 Å². The summed E-state index contributed by atoms with van der Waals surface area (Å²) in [7, 11) is 0. The van der Waals surface area contributed by atoms with Crippen LogP contribution in [0.3, 0.4) is 0 Å². The van der Waals surface area contributed by atoms with E-state index in [1.54, 1.807) is 0 Å². The lowest BCUT2D eigenvalue weighted by molar-refractivity contribution is 0.0821. The highest BCUT2D eigenvalue weighted by Gasteiger charge is 2.29. The van der Waals surface area contributed by atoms with Crippen molar-refractivity contribution in [3.05, 3.63) is 35.4 Å². The predicted octanol–water partition coefficient (Wildman–Crippen LogP) is 3.69. The second kappa shape index (κ2) is 6.33.